The van der Waals surface area contributed by atoms with Crippen LogP contribution in [-0.4, -0.2) is 16.0 Å². The molecule has 0 aliphatic heterocycles. The molecule has 0 heterocycles. The molecule has 52 valence electrons. The van der Waals surface area contributed by atoms with Crippen LogP contribution in [0.5, 0.6) is 0 Å². The summed E-state index contributed by atoms with van der Waals surface area (Å²) in [5, 5.41) is 10.7. The van der Waals surface area contributed by atoms with E-state index in [1.54, 1.807) is 0 Å². The molecule has 0 aliphatic carbocycles. The lowest BCUT2D eigenvalue weighted by Crippen LogP contribution is -2.23. The van der Waals surface area contributed by atoms with Crippen LogP contribution in [0.4, 0.5) is 0 Å². The molecule has 0 atom stereocenters. The number of alkyl halides is 3. The maximum absolute atomic E-state index is 8.64. The molecule has 0 aliphatic rings. The van der Waals surface area contributed by atoms with E-state index in [4.69, 9.17) is 5.26 Å². The van der Waals surface area contributed by atoms with E-state index >= 15 is 0 Å². The number of nitrogens with zero attached hydrogens (tertiary/aromatic N) is 1. The minimum absolute atomic E-state index is 0.278. The minimum Gasteiger partial charge on any atom is -0.198 e. The van der Waals surface area contributed by atoms with E-state index < -0.39 is 0 Å². The monoisotopic (exact) mass is 317 g/mol. The van der Waals surface area contributed by atoms with Gasteiger partial charge in [0.1, 0.15) is 0 Å². The molecular weight excluding hydrogens is 314 g/mol. The zero-order valence-corrected chi connectivity index (χ0v) is 9.46. The van der Waals surface area contributed by atoms with Gasteiger partial charge in [0.25, 0.3) is 0 Å². The van der Waals surface area contributed by atoms with Crippen LogP contribution in [-0.2, 0) is 0 Å². The van der Waals surface area contributed by atoms with Crippen LogP contribution in [0.2, 0.25) is 0 Å². The molecule has 0 aromatic rings. The number of hydrogen-bond acceptors (Lipinski definition) is 1. The molecular formula is C5H6Br3N. The SMILES string of the molecule is N#CC(CBr)(CBr)CBr. The van der Waals surface area contributed by atoms with E-state index in [0.717, 1.165) is 0 Å². The molecule has 1 nitrogen and oxygen atoms in total. The van der Waals surface area contributed by atoms with Gasteiger partial charge < -0.3 is 0 Å². The normalized spacial score (nSPS) is 10.9. The predicted molar refractivity (Wildman–Crippen MR) is 49.4 cm³/mol. The van der Waals surface area contributed by atoms with Crippen molar-refractivity contribution < 1.29 is 0 Å². The Hall–Kier alpha value is 0.930. The average molecular weight is 320 g/mol. The van der Waals surface area contributed by atoms with Gasteiger partial charge in [0.2, 0.25) is 0 Å². The summed E-state index contributed by atoms with van der Waals surface area (Å²) >= 11 is 9.81. The maximum atomic E-state index is 8.64. The Morgan fingerprint density at radius 3 is 1.44 bits per heavy atom. The first-order chi connectivity index (χ1) is 4.24. The lowest BCUT2D eigenvalue weighted by atomic mass is 10.00. The van der Waals surface area contributed by atoms with Crippen LogP contribution < -0.4 is 0 Å². The van der Waals surface area contributed by atoms with Crippen molar-refractivity contribution in [1.29, 1.82) is 5.26 Å². The average Bonchev–Trinajstić information content (AvgIpc) is 1.95. The molecule has 0 aromatic heterocycles. The summed E-state index contributed by atoms with van der Waals surface area (Å²) in [7, 11) is 0. The second-order valence-electron chi connectivity index (χ2n) is 1.79. The van der Waals surface area contributed by atoms with E-state index in [9.17, 15) is 0 Å². The van der Waals surface area contributed by atoms with Crippen molar-refractivity contribution in [3.05, 3.63) is 0 Å². The van der Waals surface area contributed by atoms with Gasteiger partial charge in [-0.15, -0.1) is 0 Å². The van der Waals surface area contributed by atoms with Gasteiger partial charge in [-0.3, -0.25) is 0 Å². The van der Waals surface area contributed by atoms with Crippen molar-refractivity contribution in [2.24, 2.45) is 5.41 Å². The largest absolute Gasteiger partial charge is 0.198 e. The third-order valence-corrected chi connectivity index (χ3v) is 4.22. The summed E-state index contributed by atoms with van der Waals surface area (Å²) in [6, 6.07) is 2.22. The van der Waals surface area contributed by atoms with E-state index in [-0.39, 0.29) is 5.41 Å². The van der Waals surface area contributed by atoms with E-state index in [1.807, 2.05) is 0 Å². The lowest BCUT2D eigenvalue weighted by Gasteiger charge is -2.16. The number of nitriles is 1. The van der Waals surface area contributed by atoms with Gasteiger partial charge >= 0.3 is 0 Å². The maximum Gasteiger partial charge on any atom is 0.0863 e. The highest BCUT2D eigenvalue weighted by molar-refractivity contribution is 9.10. The van der Waals surface area contributed by atoms with Crippen molar-refractivity contribution in [3.8, 4) is 6.07 Å². The number of halogens is 3. The fraction of sp³-hybridized carbons (Fsp3) is 0.800. The second-order valence-corrected chi connectivity index (χ2v) is 3.48. The molecule has 0 unspecified atom stereocenters. The smallest absolute Gasteiger partial charge is 0.0863 e. The standard InChI is InChI=1S/C5H6Br3N/c6-1-5(2-7,3-8)4-9/h1-3H2. The van der Waals surface area contributed by atoms with Crippen LogP contribution in [0.1, 0.15) is 0 Å². The van der Waals surface area contributed by atoms with E-state index in [2.05, 4.69) is 53.9 Å². The summed E-state index contributed by atoms with van der Waals surface area (Å²) in [6.07, 6.45) is 0. The van der Waals surface area contributed by atoms with Crippen LogP contribution >= 0.6 is 47.8 Å². The first-order valence-electron chi connectivity index (χ1n) is 2.34. The molecule has 0 radical (unpaired) electrons. The highest BCUT2D eigenvalue weighted by atomic mass is 79.9. The molecule has 4 heteroatoms. The summed E-state index contributed by atoms with van der Waals surface area (Å²) in [5.41, 5.74) is -0.278. The molecule has 0 saturated carbocycles. The van der Waals surface area contributed by atoms with Crippen LogP contribution in [0, 0.1) is 16.7 Å². The Morgan fingerprint density at radius 2 is 1.44 bits per heavy atom. The van der Waals surface area contributed by atoms with Gasteiger partial charge in [-0.05, 0) is 0 Å². The van der Waals surface area contributed by atoms with Crippen LogP contribution in [0.25, 0.3) is 0 Å². The number of hydrogen-bond donors (Lipinski definition) is 0. The Bertz CT molecular complexity index is 106. The summed E-state index contributed by atoms with van der Waals surface area (Å²) in [5.74, 6) is 0. The Labute approximate surface area is 80.2 Å². The third-order valence-electron chi connectivity index (χ3n) is 1.00. The van der Waals surface area contributed by atoms with E-state index in [0.29, 0.717) is 16.0 Å². The first kappa shape index (κ1) is 9.93. The fourth-order valence-electron chi connectivity index (χ4n) is 0.197. The molecule has 0 saturated heterocycles. The highest BCUT2D eigenvalue weighted by Crippen LogP contribution is 2.24. The van der Waals surface area contributed by atoms with E-state index in [1.165, 1.54) is 0 Å². The molecule has 9 heavy (non-hydrogen) atoms. The topological polar surface area (TPSA) is 23.8 Å². The molecule has 0 spiro atoms. The molecule has 0 amide bonds. The van der Waals surface area contributed by atoms with Gasteiger partial charge in [0, 0.05) is 16.0 Å². The number of rotatable bonds is 3. The Balaban J connectivity index is 4.04. The third kappa shape index (κ3) is 2.57. The van der Waals surface area contributed by atoms with Crippen LogP contribution in [0.3, 0.4) is 0 Å². The molecule has 0 N–H and O–H groups in total. The quantitative estimate of drug-likeness (QED) is 0.734. The predicted octanol–water partition coefficient (Wildman–Crippen LogP) is 2.68. The Morgan fingerprint density at radius 1 is 1.11 bits per heavy atom. The van der Waals surface area contributed by atoms with Gasteiger partial charge in [-0.1, -0.05) is 47.8 Å². The van der Waals surface area contributed by atoms with Gasteiger partial charge in [-0.25, -0.2) is 0 Å². The zero-order valence-electron chi connectivity index (χ0n) is 4.70. The Kier molecular flexibility index (Phi) is 5.19. The van der Waals surface area contributed by atoms with Gasteiger partial charge in [0.05, 0.1) is 11.5 Å². The van der Waals surface area contributed by atoms with Gasteiger partial charge in [-0.2, -0.15) is 5.26 Å². The van der Waals surface area contributed by atoms with Gasteiger partial charge in [0.15, 0.2) is 0 Å². The zero-order chi connectivity index (χ0) is 7.33. The summed E-state index contributed by atoms with van der Waals surface area (Å²) < 4.78 is 0. The molecule has 0 aromatic carbocycles. The summed E-state index contributed by atoms with van der Waals surface area (Å²) in [6.45, 7) is 0. The molecule has 0 rings (SSSR count). The first-order valence-corrected chi connectivity index (χ1v) is 5.70. The second kappa shape index (κ2) is 4.70. The van der Waals surface area contributed by atoms with Crippen molar-refractivity contribution in [1.82, 2.24) is 0 Å². The molecule has 0 bridgehead atoms. The lowest BCUT2D eigenvalue weighted by molar-refractivity contribution is 0.613. The van der Waals surface area contributed by atoms with Crippen molar-refractivity contribution in [2.75, 3.05) is 16.0 Å². The van der Waals surface area contributed by atoms with Crippen molar-refractivity contribution >= 4 is 47.8 Å². The fourth-order valence-corrected chi connectivity index (χ4v) is 3.36. The van der Waals surface area contributed by atoms with Crippen molar-refractivity contribution in [2.45, 2.75) is 0 Å². The summed E-state index contributed by atoms with van der Waals surface area (Å²) in [4.78, 5) is 0. The van der Waals surface area contributed by atoms with Crippen molar-refractivity contribution in [3.63, 3.8) is 0 Å². The molecule has 0 fully saturated rings. The van der Waals surface area contributed by atoms with Crippen LogP contribution in [0.15, 0.2) is 0 Å². The highest BCUT2D eigenvalue weighted by Gasteiger charge is 2.25. The minimum atomic E-state index is -0.278.